The molecule has 0 saturated heterocycles. The number of halogens is 1. The molecule has 0 atom stereocenters. The molecule has 1 amide bonds. The lowest BCUT2D eigenvalue weighted by Crippen LogP contribution is -2.14. The fourth-order valence-corrected chi connectivity index (χ4v) is 1.53. The summed E-state index contributed by atoms with van der Waals surface area (Å²) in [5.74, 6) is -0.0894. The van der Waals surface area contributed by atoms with Gasteiger partial charge in [0.25, 0.3) is 5.91 Å². The van der Waals surface area contributed by atoms with Crippen LogP contribution in [0.25, 0.3) is 0 Å². The van der Waals surface area contributed by atoms with Crippen LogP contribution in [0.1, 0.15) is 6.92 Å². The maximum atomic E-state index is 10.4. The molecule has 0 spiro atoms. The molecule has 0 aromatic rings. The third-order valence-corrected chi connectivity index (χ3v) is 2.21. The van der Waals surface area contributed by atoms with Gasteiger partial charge in [-0.05, 0) is 6.92 Å². The SMILES string of the molecule is CC1=CC(=O)NN=I1. The van der Waals surface area contributed by atoms with Crippen LogP contribution < -0.4 is 5.43 Å². The van der Waals surface area contributed by atoms with E-state index in [0.717, 1.165) is 3.58 Å². The predicted molar refractivity (Wildman–Crippen MR) is 38.3 cm³/mol. The second-order valence-corrected chi connectivity index (χ2v) is 4.04. The molecule has 3 nitrogen and oxygen atoms in total. The van der Waals surface area contributed by atoms with Gasteiger partial charge in [0.15, 0.2) is 0 Å². The van der Waals surface area contributed by atoms with Gasteiger partial charge in [-0.3, -0.25) is 4.79 Å². The zero-order valence-electron chi connectivity index (χ0n) is 4.31. The Kier molecular flexibility index (Phi) is 1.72. The molecule has 0 bridgehead atoms. The third-order valence-electron chi connectivity index (χ3n) is 0.658. The topological polar surface area (TPSA) is 41.5 Å². The van der Waals surface area contributed by atoms with E-state index in [1.54, 1.807) is 6.08 Å². The molecule has 1 heterocycles. The molecule has 0 radical (unpaired) electrons. The molecule has 0 fully saturated rings. The lowest BCUT2D eigenvalue weighted by molar-refractivity contribution is -0.116. The van der Waals surface area contributed by atoms with Gasteiger partial charge < -0.3 is 0 Å². The van der Waals surface area contributed by atoms with E-state index in [4.69, 9.17) is 0 Å². The van der Waals surface area contributed by atoms with Crippen molar-refractivity contribution in [3.8, 4) is 0 Å². The maximum Gasteiger partial charge on any atom is 0.265 e. The zero-order chi connectivity index (χ0) is 5.98. The Balaban J connectivity index is 2.77. The first-order valence-electron chi connectivity index (χ1n) is 2.11. The van der Waals surface area contributed by atoms with Crippen molar-refractivity contribution >= 4 is 26.9 Å². The van der Waals surface area contributed by atoms with Crippen LogP contribution in [0, 0.1) is 0 Å². The highest BCUT2D eigenvalue weighted by atomic mass is 127. The summed E-state index contributed by atoms with van der Waals surface area (Å²) < 4.78 is 4.90. The van der Waals surface area contributed by atoms with E-state index in [1.807, 2.05) is 6.92 Å². The molecule has 8 heavy (non-hydrogen) atoms. The summed E-state index contributed by atoms with van der Waals surface area (Å²) in [6, 6.07) is 0. The molecule has 1 N–H and O–H groups in total. The summed E-state index contributed by atoms with van der Waals surface area (Å²) in [6.45, 7) is 1.93. The van der Waals surface area contributed by atoms with E-state index in [0.29, 0.717) is 0 Å². The molecular weight excluding hydrogens is 219 g/mol. The van der Waals surface area contributed by atoms with Crippen molar-refractivity contribution in [3.05, 3.63) is 9.66 Å². The Morgan fingerprint density at radius 3 is 3.00 bits per heavy atom. The summed E-state index contributed by atoms with van der Waals surface area (Å²) in [5, 5.41) is 0. The molecule has 0 aromatic heterocycles. The van der Waals surface area contributed by atoms with Gasteiger partial charge in [0.2, 0.25) is 0 Å². The fraction of sp³-hybridized carbons (Fsp3) is 0.250. The minimum atomic E-state index is -0.221. The Hall–Kier alpha value is -0.260. The van der Waals surface area contributed by atoms with E-state index in [2.05, 4.69) is 8.68 Å². The van der Waals surface area contributed by atoms with Crippen molar-refractivity contribution in [2.75, 3.05) is 0 Å². The zero-order valence-corrected chi connectivity index (χ0v) is 6.47. The standard InChI is InChI=1S/C4H5IN2O/c1-3-2-4(8)6-7-5-3/h2H,1H3,(H,6,8). The number of hydrogen-bond acceptors (Lipinski definition) is 2. The lowest BCUT2D eigenvalue weighted by atomic mass is 10.5. The van der Waals surface area contributed by atoms with Crippen LogP contribution in [0.4, 0.5) is 0 Å². The second kappa shape index (κ2) is 2.34. The molecule has 4 heteroatoms. The monoisotopic (exact) mass is 224 g/mol. The van der Waals surface area contributed by atoms with Crippen LogP contribution in [-0.2, 0) is 4.79 Å². The van der Waals surface area contributed by atoms with Crippen molar-refractivity contribution in [3.63, 3.8) is 0 Å². The van der Waals surface area contributed by atoms with Crippen LogP contribution in [-0.4, -0.2) is 5.91 Å². The molecule has 0 unspecified atom stereocenters. The average molecular weight is 224 g/mol. The van der Waals surface area contributed by atoms with Crippen LogP contribution in [0.2, 0.25) is 0 Å². The van der Waals surface area contributed by atoms with E-state index in [-0.39, 0.29) is 26.9 Å². The van der Waals surface area contributed by atoms with Gasteiger partial charge in [-0.1, -0.05) is 0 Å². The van der Waals surface area contributed by atoms with Crippen LogP contribution >= 0.6 is 21.0 Å². The number of nitrogens with one attached hydrogen (secondary N) is 1. The first kappa shape index (κ1) is 5.87. The number of rotatable bonds is 0. The third kappa shape index (κ3) is 1.36. The van der Waals surface area contributed by atoms with Crippen molar-refractivity contribution in [2.45, 2.75) is 6.92 Å². The van der Waals surface area contributed by atoms with Gasteiger partial charge in [-0.25, -0.2) is 5.43 Å². The first-order valence-corrected chi connectivity index (χ1v) is 4.16. The predicted octanol–water partition coefficient (Wildman–Crippen LogP) is 1.09. The van der Waals surface area contributed by atoms with E-state index in [1.165, 1.54) is 0 Å². The number of hydrogen-bond donors (Lipinski definition) is 1. The van der Waals surface area contributed by atoms with Gasteiger partial charge in [-0.2, -0.15) is 0 Å². The number of carbonyl (C=O) groups excluding carboxylic acids is 1. The molecule has 0 aromatic carbocycles. The molecule has 1 rings (SSSR count). The van der Waals surface area contributed by atoms with E-state index < -0.39 is 0 Å². The van der Waals surface area contributed by atoms with E-state index in [9.17, 15) is 4.79 Å². The highest BCUT2D eigenvalue weighted by Crippen LogP contribution is 2.16. The number of carbonyl (C=O) groups is 1. The molecule has 0 aliphatic carbocycles. The van der Waals surface area contributed by atoms with Crippen molar-refractivity contribution in [1.29, 1.82) is 0 Å². The highest BCUT2D eigenvalue weighted by molar-refractivity contribution is 14.2. The fourth-order valence-electron chi connectivity index (χ4n) is 0.367. The van der Waals surface area contributed by atoms with Crippen molar-refractivity contribution in [2.24, 2.45) is 3.25 Å². The summed E-state index contributed by atoms with van der Waals surface area (Å²) in [6.07, 6.45) is 1.60. The normalized spacial score (nSPS) is 18.6. The van der Waals surface area contributed by atoms with Crippen LogP contribution in [0.5, 0.6) is 0 Å². The number of allylic oxidation sites excluding steroid dienone is 1. The second-order valence-electron chi connectivity index (χ2n) is 1.38. The molecule has 1 aliphatic rings. The first-order chi connectivity index (χ1) is 3.79. The number of amides is 1. The minimum Gasteiger partial charge on any atom is -0.268 e. The van der Waals surface area contributed by atoms with Crippen LogP contribution in [0.3, 0.4) is 0 Å². The maximum absolute atomic E-state index is 10.4. The quantitative estimate of drug-likeness (QED) is 0.614. The molecule has 0 saturated carbocycles. The Morgan fingerprint density at radius 1 is 1.88 bits per heavy atom. The minimum absolute atomic E-state index is 0.0894. The van der Waals surface area contributed by atoms with Gasteiger partial charge >= 0.3 is 0 Å². The number of nitrogens with zero attached hydrogens (tertiary/aromatic N) is 1. The highest BCUT2D eigenvalue weighted by Gasteiger charge is 1.98. The molecular formula is C4H5IN2O. The van der Waals surface area contributed by atoms with Gasteiger partial charge in [-0.15, -0.1) is 3.25 Å². The summed E-state index contributed by atoms with van der Waals surface area (Å²) in [5.41, 5.74) is 2.37. The lowest BCUT2D eigenvalue weighted by Gasteiger charge is -1.97. The smallest absolute Gasteiger partial charge is 0.265 e. The van der Waals surface area contributed by atoms with Gasteiger partial charge in [0.05, 0.1) is 21.0 Å². The largest absolute Gasteiger partial charge is 0.268 e. The van der Waals surface area contributed by atoms with Crippen LogP contribution in [0.15, 0.2) is 12.9 Å². The summed E-state index contributed by atoms with van der Waals surface area (Å²) >= 11 is -0.221. The molecule has 1 aliphatic heterocycles. The van der Waals surface area contributed by atoms with Crippen molar-refractivity contribution in [1.82, 2.24) is 5.43 Å². The summed E-state index contributed by atoms with van der Waals surface area (Å²) in [4.78, 5) is 10.4. The Bertz CT molecular complexity index is 173. The van der Waals surface area contributed by atoms with Crippen molar-refractivity contribution < 1.29 is 4.79 Å². The Labute approximate surface area is 57.3 Å². The van der Waals surface area contributed by atoms with Gasteiger partial charge in [0, 0.05) is 9.66 Å². The van der Waals surface area contributed by atoms with E-state index >= 15 is 0 Å². The average Bonchev–Trinajstić information content (AvgIpc) is 1.64. The summed E-state index contributed by atoms with van der Waals surface area (Å²) in [7, 11) is 0. The Morgan fingerprint density at radius 2 is 2.62 bits per heavy atom. The van der Waals surface area contributed by atoms with Gasteiger partial charge in [0.1, 0.15) is 0 Å². The molecule has 44 valence electrons.